The number of amides is 2. The lowest BCUT2D eigenvalue weighted by atomic mass is 10.1. The van der Waals surface area contributed by atoms with Gasteiger partial charge in [0.05, 0.1) is 7.11 Å². The van der Waals surface area contributed by atoms with Crippen LogP contribution in [0.5, 0.6) is 5.75 Å². The van der Waals surface area contributed by atoms with Gasteiger partial charge in [-0.3, -0.25) is 9.59 Å². The number of anilines is 2. The van der Waals surface area contributed by atoms with E-state index in [1.807, 2.05) is 31.2 Å². The lowest BCUT2D eigenvalue weighted by Crippen LogP contribution is -2.19. The van der Waals surface area contributed by atoms with Crippen molar-refractivity contribution in [3.05, 3.63) is 83.7 Å². The topological polar surface area (TPSA) is 80.3 Å². The van der Waals surface area contributed by atoms with Gasteiger partial charge in [-0.25, -0.2) is 4.98 Å². The van der Waals surface area contributed by atoms with E-state index in [1.165, 1.54) is 0 Å². The maximum atomic E-state index is 12.6. The van der Waals surface area contributed by atoms with Crippen LogP contribution in [0, 0.1) is 0 Å². The number of hydrogen-bond acceptors (Lipinski definition) is 4. The van der Waals surface area contributed by atoms with Gasteiger partial charge in [0.15, 0.2) is 0 Å². The highest BCUT2D eigenvalue weighted by atomic mass is 16.5. The van der Waals surface area contributed by atoms with Gasteiger partial charge in [-0.1, -0.05) is 31.2 Å². The molecule has 1 heterocycles. The summed E-state index contributed by atoms with van der Waals surface area (Å²) in [6.07, 6.45) is 0.800. The van der Waals surface area contributed by atoms with Crippen LogP contribution in [0.15, 0.2) is 66.7 Å². The van der Waals surface area contributed by atoms with Gasteiger partial charge in [-0.2, -0.15) is 0 Å². The summed E-state index contributed by atoms with van der Waals surface area (Å²) in [4.78, 5) is 29.2. The number of ether oxygens (including phenoxy) is 1. The molecule has 142 valence electrons. The van der Waals surface area contributed by atoms with Gasteiger partial charge in [0.25, 0.3) is 11.8 Å². The summed E-state index contributed by atoms with van der Waals surface area (Å²) in [5, 5.41) is 5.61. The number of rotatable bonds is 6. The van der Waals surface area contributed by atoms with Crippen molar-refractivity contribution in [3.63, 3.8) is 0 Å². The third kappa shape index (κ3) is 4.54. The Hall–Kier alpha value is -3.67. The third-order valence-electron chi connectivity index (χ3n) is 4.21. The van der Waals surface area contributed by atoms with E-state index in [-0.39, 0.29) is 17.3 Å². The van der Waals surface area contributed by atoms with E-state index in [0.717, 1.165) is 17.7 Å². The zero-order valence-corrected chi connectivity index (χ0v) is 15.7. The largest absolute Gasteiger partial charge is 0.497 e. The van der Waals surface area contributed by atoms with Crippen LogP contribution < -0.4 is 15.4 Å². The molecule has 2 N–H and O–H groups in total. The molecule has 6 heteroatoms. The molecule has 1 aromatic heterocycles. The molecule has 3 rings (SSSR count). The molecular weight excluding hydrogens is 354 g/mol. The van der Waals surface area contributed by atoms with Crippen LogP contribution >= 0.6 is 0 Å². The fraction of sp³-hybridized carbons (Fsp3) is 0.136. The van der Waals surface area contributed by atoms with Crippen LogP contribution in [0.25, 0.3) is 0 Å². The number of methoxy groups -OCH3 is 1. The quantitative estimate of drug-likeness (QED) is 0.678. The number of hydrogen-bond donors (Lipinski definition) is 2. The van der Waals surface area contributed by atoms with Crippen LogP contribution in [0.4, 0.5) is 11.4 Å². The molecule has 3 aromatic rings. The van der Waals surface area contributed by atoms with Gasteiger partial charge in [0, 0.05) is 11.4 Å². The van der Waals surface area contributed by atoms with Crippen LogP contribution in [0.2, 0.25) is 0 Å². The van der Waals surface area contributed by atoms with Gasteiger partial charge in [0.2, 0.25) is 0 Å². The first kappa shape index (κ1) is 19.1. The minimum Gasteiger partial charge on any atom is -0.497 e. The Bertz CT molecular complexity index is 984. The molecule has 0 unspecified atom stereocenters. The Balaban J connectivity index is 1.73. The number of carbonyl (C=O) groups is 2. The fourth-order valence-electron chi connectivity index (χ4n) is 2.69. The summed E-state index contributed by atoms with van der Waals surface area (Å²) in [6.45, 7) is 2.02. The predicted octanol–water partition coefficient (Wildman–Crippen LogP) is 4.16. The van der Waals surface area contributed by atoms with E-state index in [1.54, 1.807) is 49.6 Å². The first-order chi connectivity index (χ1) is 13.6. The summed E-state index contributed by atoms with van der Waals surface area (Å²) < 4.78 is 5.10. The van der Waals surface area contributed by atoms with E-state index in [4.69, 9.17) is 4.74 Å². The van der Waals surface area contributed by atoms with Crippen molar-refractivity contribution in [1.82, 2.24) is 4.98 Å². The molecule has 6 nitrogen and oxygen atoms in total. The lowest BCUT2D eigenvalue weighted by molar-refractivity contribution is 0.101. The number of carbonyl (C=O) groups excluding carboxylic acids is 2. The normalized spacial score (nSPS) is 10.2. The molecule has 0 aliphatic carbocycles. The van der Waals surface area contributed by atoms with E-state index >= 15 is 0 Å². The standard InChI is InChI=1S/C22H21N3O3/c1-3-15-7-4-5-8-18(15)25-22(27)20-10-6-9-19(24-20)21(26)23-16-11-13-17(28-2)14-12-16/h4-14H,3H2,1-2H3,(H,23,26)(H,25,27). The van der Waals surface area contributed by atoms with Gasteiger partial charge in [0.1, 0.15) is 17.1 Å². The van der Waals surface area contributed by atoms with Crippen molar-refractivity contribution in [3.8, 4) is 5.75 Å². The number of nitrogens with one attached hydrogen (secondary N) is 2. The van der Waals surface area contributed by atoms with Crippen molar-refractivity contribution in [1.29, 1.82) is 0 Å². The number of aryl methyl sites for hydroxylation is 1. The van der Waals surface area contributed by atoms with Crippen molar-refractivity contribution in [2.45, 2.75) is 13.3 Å². The molecule has 0 aliphatic heterocycles. The summed E-state index contributed by atoms with van der Waals surface area (Å²) in [7, 11) is 1.58. The van der Waals surface area contributed by atoms with Crippen molar-refractivity contribution in [2.75, 3.05) is 17.7 Å². The zero-order chi connectivity index (χ0) is 19.9. The smallest absolute Gasteiger partial charge is 0.274 e. The van der Waals surface area contributed by atoms with E-state index < -0.39 is 5.91 Å². The molecule has 28 heavy (non-hydrogen) atoms. The lowest BCUT2D eigenvalue weighted by Gasteiger charge is -2.10. The second-order valence-corrected chi connectivity index (χ2v) is 6.06. The number of para-hydroxylation sites is 1. The maximum absolute atomic E-state index is 12.6. The average Bonchev–Trinajstić information content (AvgIpc) is 2.74. The Morgan fingerprint density at radius 2 is 1.50 bits per heavy atom. The third-order valence-corrected chi connectivity index (χ3v) is 4.21. The average molecular weight is 375 g/mol. The Morgan fingerprint density at radius 1 is 0.857 bits per heavy atom. The molecule has 0 atom stereocenters. The molecule has 0 aliphatic rings. The predicted molar refractivity (Wildman–Crippen MR) is 109 cm³/mol. The second-order valence-electron chi connectivity index (χ2n) is 6.06. The zero-order valence-electron chi connectivity index (χ0n) is 15.7. The molecule has 0 saturated carbocycles. The summed E-state index contributed by atoms with van der Waals surface area (Å²) in [5.41, 5.74) is 2.72. The summed E-state index contributed by atoms with van der Waals surface area (Å²) >= 11 is 0. The maximum Gasteiger partial charge on any atom is 0.274 e. The summed E-state index contributed by atoms with van der Waals surface area (Å²) in [5.74, 6) is -0.0593. The van der Waals surface area contributed by atoms with Crippen molar-refractivity contribution < 1.29 is 14.3 Å². The Labute approximate surface area is 163 Å². The molecule has 2 amide bonds. The molecule has 0 saturated heterocycles. The minimum atomic E-state index is -0.395. The van der Waals surface area contributed by atoms with Gasteiger partial charge < -0.3 is 15.4 Å². The van der Waals surface area contributed by atoms with Crippen LogP contribution in [-0.2, 0) is 6.42 Å². The van der Waals surface area contributed by atoms with Gasteiger partial charge in [-0.05, 0) is 54.4 Å². The highest BCUT2D eigenvalue weighted by Gasteiger charge is 2.14. The fourth-order valence-corrected chi connectivity index (χ4v) is 2.69. The number of nitrogens with zero attached hydrogens (tertiary/aromatic N) is 1. The molecule has 0 bridgehead atoms. The van der Waals surface area contributed by atoms with Crippen LogP contribution in [0.1, 0.15) is 33.5 Å². The number of aromatic nitrogens is 1. The number of benzene rings is 2. The van der Waals surface area contributed by atoms with Crippen LogP contribution in [-0.4, -0.2) is 23.9 Å². The minimum absolute atomic E-state index is 0.159. The first-order valence-corrected chi connectivity index (χ1v) is 8.92. The van der Waals surface area contributed by atoms with E-state index in [2.05, 4.69) is 15.6 Å². The highest BCUT2D eigenvalue weighted by Crippen LogP contribution is 2.17. The first-order valence-electron chi connectivity index (χ1n) is 8.92. The highest BCUT2D eigenvalue weighted by molar-refractivity contribution is 6.06. The van der Waals surface area contributed by atoms with Crippen molar-refractivity contribution in [2.24, 2.45) is 0 Å². The monoisotopic (exact) mass is 375 g/mol. The van der Waals surface area contributed by atoms with E-state index in [0.29, 0.717) is 11.4 Å². The molecule has 2 aromatic carbocycles. The molecule has 0 spiro atoms. The Morgan fingerprint density at radius 3 is 2.14 bits per heavy atom. The number of pyridine rings is 1. The second kappa shape index (κ2) is 8.81. The summed E-state index contributed by atoms with van der Waals surface area (Å²) in [6, 6.07) is 19.3. The van der Waals surface area contributed by atoms with Gasteiger partial charge >= 0.3 is 0 Å². The van der Waals surface area contributed by atoms with E-state index in [9.17, 15) is 9.59 Å². The SMILES string of the molecule is CCc1ccccc1NC(=O)c1cccc(C(=O)Nc2ccc(OC)cc2)n1. The van der Waals surface area contributed by atoms with Crippen molar-refractivity contribution >= 4 is 23.2 Å². The molecule has 0 radical (unpaired) electrons. The molecule has 0 fully saturated rings. The Kier molecular flexibility index (Phi) is 6.01. The van der Waals surface area contributed by atoms with Crippen LogP contribution in [0.3, 0.4) is 0 Å². The molecular formula is C22H21N3O3. The van der Waals surface area contributed by atoms with Gasteiger partial charge in [-0.15, -0.1) is 0 Å².